The first-order valence-electron chi connectivity index (χ1n) is 37.8. The fourth-order valence-electron chi connectivity index (χ4n) is 11.6. The van der Waals surface area contributed by atoms with Crippen molar-refractivity contribution in [3.8, 4) is 5.75 Å². The molecule has 0 saturated heterocycles. The van der Waals surface area contributed by atoms with Gasteiger partial charge in [-0.05, 0) is 170 Å². The van der Waals surface area contributed by atoms with Crippen molar-refractivity contribution >= 4 is 76.9 Å². The lowest BCUT2D eigenvalue weighted by atomic mass is 9.98. The second kappa shape index (κ2) is 49.9. The number of aliphatic hydroxyl groups excluding tert-OH is 1. The molecule has 12 amide bonds. The third-order valence-corrected chi connectivity index (χ3v) is 18.1. The van der Waals surface area contributed by atoms with Crippen molar-refractivity contribution in [1.82, 2.24) is 63.8 Å². The molecule has 0 saturated carbocycles. The summed E-state index contributed by atoms with van der Waals surface area (Å²) in [6.45, 7) is 20.4. The van der Waals surface area contributed by atoms with Gasteiger partial charge in [0.05, 0.1) is 12.1 Å². The maximum atomic E-state index is 14.6. The molecule has 0 fully saturated rings. The standard InChI is InChI=1S/C75H127N17O16/c1-41(2)38-55(69(101)91-61(45(9)10)75(107)108)85-71(103)58(42(3)4)89-70(102)57(40-49-30-32-50(94)33-31-49)87-74(106)62(47(12)93)92-63(95)46(11)81-68(100)56(39-48-24-14-13-15-25-48)86-72(104)59(43(5)6)90-73(105)60(44(7)8)88-67(99)54(29-19-23-37-79)84-66(98)53(28-18-22-36-78)83-65(97)52(27-17-21-35-77)82-64(96)51(80)26-16-20-34-76/h13-15,24-25,30-33,41-47,51-62,93-94H,16-23,26-29,34-40,76-80H2,1-12H3,(H,81,100)(H,82,96)(H,83,97)(H,84,98)(H,85,103)(H,86,104)(H,87,106)(H,88,99)(H,89,102)(H,90,105)(H,91,101)(H,92,95)(H,107,108)/t46-,47+,51-,52-,53-,54-,55-,56-,57-,58-,59-,60-,61-,62-/m0/s1. The fourth-order valence-corrected chi connectivity index (χ4v) is 11.6. The molecule has 2 rings (SSSR count). The second-order valence-electron chi connectivity index (χ2n) is 29.5. The number of carboxylic acids is 1. The van der Waals surface area contributed by atoms with E-state index in [0.29, 0.717) is 82.0 Å². The molecule has 33 heteroatoms. The average molecular weight is 1520 g/mol. The third-order valence-electron chi connectivity index (χ3n) is 18.1. The van der Waals surface area contributed by atoms with Gasteiger partial charge in [0.1, 0.15) is 78.3 Å². The van der Waals surface area contributed by atoms with Crippen LogP contribution in [0.1, 0.15) is 178 Å². The SMILES string of the molecule is CC(C)C[C@H](NC(=O)[C@@H](NC(=O)[C@H](Cc1ccc(O)cc1)NC(=O)[C@@H](NC(=O)[C@H](C)NC(=O)[C@H](Cc1ccccc1)NC(=O)[C@@H](NC(=O)[C@@H](NC(=O)[C@H](CCCCN)NC(=O)[C@H](CCCCN)NC(=O)[C@H](CCCCN)NC(=O)[C@@H](N)CCCCN)C(C)C)C(C)C)[C@@H](C)O)C(C)C)C(=O)N[C@H](C(=O)O)C(C)C. The lowest BCUT2D eigenvalue weighted by Gasteiger charge is -2.30. The Labute approximate surface area is 635 Å². The molecular formula is C75H127N17O16. The lowest BCUT2D eigenvalue weighted by Crippen LogP contribution is -2.63. The summed E-state index contributed by atoms with van der Waals surface area (Å²) in [7, 11) is 0. The maximum absolute atomic E-state index is 14.6. The number of aliphatic carboxylic acids is 1. The van der Waals surface area contributed by atoms with E-state index in [2.05, 4.69) is 63.8 Å². The molecule has 2 aromatic carbocycles. The first kappa shape index (κ1) is 95.2. The van der Waals surface area contributed by atoms with Gasteiger partial charge in [0.2, 0.25) is 70.9 Å². The highest BCUT2D eigenvalue weighted by molar-refractivity contribution is 6.00. The van der Waals surface area contributed by atoms with Crippen LogP contribution in [0.2, 0.25) is 0 Å². The van der Waals surface area contributed by atoms with Crippen LogP contribution >= 0.6 is 0 Å². The minimum absolute atomic E-state index is 0.0577. The van der Waals surface area contributed by atoms with Gasteiger partial charge in [-0.3, -0.25) is 57.5 Å². The van der Waals surface area contributed by atoms with Crippen LogP contribution in [0.3, 0.4) is 0 Å². The normalized spacial score (nSPS) is 15.4. The van der Waals surface area contributed by atoms with Crippen molar-refractivity contribution in [2.24, 2.45) is 58.3 Å². The Morgan fingerprint density at radius 1 is 0.333 bits per heavy atom. The summed E-state index contributed by atoms with van der Waals surface area (Å²) in [6, 6.07) is -3.13. The molecule has 0 bridgehead atoms. The number of unbranched alkanes of at least 4 members (excludes halogenated alkanes) is 4. The van der Waals surface area contributed by atoms with E-state index in [9.17, 15) is 77.6 Å². The van der Waals surface area contributed by atoms with Crippen molar-refractivity contribution in [1.29, 1.82) is 0 Å². The van der Waals surface area contributed by atoms with Crippen molar-refractivity contribution in [2.75, 3.05) is 26.2 Å². The number of carbonyl (C=O) groups is 13. The van der Waals surface area contributed by atoms with E-state index in [0.717, 1.165) is 0 Å². The highest BCUT2D eigenvalue weighted by Crippen LogP contribution is 2.17. The number of hydrogen-bond donors (Lipinski definition) is 20. The van der Waals surface area contributed by atoms with Crippen LogP contribution in [0.15, 0.2) is 54.6 Å². The van der Waals surface area contributed by atoms with Crippen LogP contribution in [0.25, 0.3) is 0 Å². The molecule has 0 radical (unpaired) electrons. The third kappa shape index (κ3) is 34.6. The van der Waals surface area contributed by atoms with Crippen molar-refractivity contribution < 1.29 is 77.6 Å². The van der Waals surface area contributed by atoms with Crippen LogP contribution in [0.4, 0.5) is 0 Å². The van der Waals surface area contributed by atoms with Crippen LogP contribution < -0.4 is 92.5 Å². The first-order valence-corrected chi connectivity index (χ1v) is 37.8. The Bertz CT molecular complexity index is 3180. The number of benzene rings is 2. The van der Waals surface area contributed by atoms with Crippen LogP contribution in [0.5, 0.6) is 5.75 Å². The molecule has 0 aliphatic carbocycles. The van der Waals surface area contributed by atoms with E-state index in [-0.39, 0.29) is 63.3 Å². The smallest absolute Gasteiger partial charge is 0.326 e. The number of nitrogens with one attached hydrogen (secondary N) is 12. The number of amides is 12. The summed E-state index contributed by atoms with van der Waals surface area (Å²) >= 11 is 0. The van der Waals surface area contributed by atoms with Gasteiger partial charge in [0.25, 0.3) is 0 Å². The summed E-state index contributed by atoms with van der Waals surface area (Å²) in [5, 5.41) is 62.8. The Kier molecular flexibility index (Phi) is 44.0. The van der Waals surface area contributed by atoms with E-state index in [1.54, 1.807) is 99.6 Å². The van der Waals surface area contributed by atoms with Gasteiger partial charge < -0.3 is 108 Å². The lowest BCUT2D eigenvalue weighted by molar-refractivity contribution is -0.143. The summed E-state index contributed by atoms with van der Waals surface area (Å²) in [5.74, 6) is -13.8. The maximum Gasteiger partial charge on any atom is 0.326 e. The number of phenolic OH excluding ortho intramolecular Hbond substituents is 1. The van der Waals surface area contributed by atoms with E-state index in [1.807, 2.05) is 0 Å². The van der Waals surface area contributed by atoms with Gasteiger partial charge in [-0.2, -0.15) is 0 Å². The monoisotopic (exact) mass is 1520 g/mol. The van der Waals surface area contributed by atoms with Crippen LogP contribution in [-0.2, 0) is 75.2 Å². The Hall–Kier alpha value is -8.89. The van der Waals surface area contributed by atoms with E-state index in [4.69, 9.17) is 28.7 Å². The Morgan fingerprint density at radius 2 is 0.639 bits per heavy atom. The van der Waals surface area contributed by atoms with Gasteiger partial charge in [-0.25, -0.2) is 4.79 Å². The Balaban J connectivity index is 2.47. The molecule has 2 aromatic rings. The first-order chi connectivity index (χ1) is 50.9. The minimum Gasteiger partial charge on any atom is -0.508 e. The molecule has 0 aromatic heterocycles. The molecule has 14 atom stereocenters. The number of carbonyl (C=O) groups excluding carboxylic acids is 12. The number of carboxylic acid groups (broad SMARTS) is 1. The van der Waals surface area contributed by atoms with Gasteiger partial charge in [-0.1, -0.05) is 118 Å². The van der Waals surface area contributed by atoms with Gasteiger partial charge in [-0.15, -0.1) is 0 Å². The molecule has 25 N–H and O–H groups in total. The highest BCUT2D eigenvalue weighted by atomic mass is 16.4. The number of nitrogens with two attached hydrogens (primary N) is 5. The number of aromatic hydroxyl groups is 1. The molecule has 0 aliphatic heterocycles. The molecular weight excluding hydrogens is 1390 g/mol. The van der Waals surface area contributed by atoms with Crippen molar-refractivity contribution in [2.45, 2.75) is 264 Å². The van der Waals surface area contributed by atoms with E-state index >= 15 is 0 Å². The summed E-state index contributed by atoms with van der Waals surface area (Å²) in [6.07, 6.45) is 2.68. The zero-order valence-electron chi connectivity index (χ0n) is 65.1. The van der Waals surface area contributed by atoms with Gasteiger partial charge >= 0.3 is 5.97 Å². The second-order valence-corrected chi connectivity index (χ2v) is 29.5. The largest absolute Gasteiger partial charge is 0.508 e. The fraction of sp³-hybridized carbons (Fsp3) is 0.667. The summed E-state index contributed by atoms with van der Waals surface area (Å²) in [4.78, 5) is 182. The average Bonchev–Trinajstić information content (AvgIpc) is 0.844. The zero-order valence-corrected chi connectivity index (χ0v) is 65.1. The van der Waals surface area contributed by atoms with E-state index < -0.39 is 185 Å². The van der Waals surface area contributed by atoms with Crippen LogP contribution in [0, 0.1) is 29.6 Å². The number of aliphatic hydroxyl groups is 1. The minimum atomic E-state index is -1.80. The quantitative estimate of drug-likeness (QED) is 0.0353. The molecule has 0 heterocycles. The van der Waals surface area contributed by atoms with Gasteiger partial charge in [0, 0.05) is 12.8 Å². The van der Waals surface area contributed by atoms with Crippen molar-refractivity contribution in [3.63, 3.8) is 0 Å². The highest BCUT2D eigenvalue weighted by Gasteiger charge is 2.39. The molecule has 33 nitrogen and oxygen atoms in total. The summed E-state index contributed by atoms with van der Waals surface area (Å²) in [5.41, 5.74) is 30.2. The van der Waals surface area contributed by atoms with E-state index in [1.165, 1.54) is 38.1 Å². The number of hydrogen-bond acceptors (Lipinski definition) is 20. The number of phenols is 1. The number of rotatable bonds is 52. The van der Waals surface area contributed by atoms with Crippen LogP contribution in [-0.4, -0.2) is 203 Å². The molecule has 608 valence electrons. The topological polar surface area (TPSA) is 557 Å². The molecule has 0 unspecified atom stereocenters. The Morgan fingerprint density at radius 3 is 1.03 bits per heavy atom. The zero-order chi connectivity index (χ0) is 81.5. The predicted octanol–water partition coefficient (Wildman–Crippen LogP) is -1.01. The molecule has 108 heavy (non-hydrogen) atoms. The predicted molar refractivity (Wildman–Crippen MR) is 409 cm³/mol. The van der Waals surface area contributed by atoms with Gasteiger partial charge in [0.15, 0.2) is 0 Å². The molecule has 0 spiro atoms. The molecule has 0 aliphatic rings. The van der Waals surface area contributed by atoms with Crippen molar-refractivity contribution in [3.05, 3.63) is 65.7 Å². The summed E-state index contributed by atoms with van der Waals surface area (Å²) < 4.78 is 0.